The van der Waals surface area contributed by atoms with Gasteiger partial charge in [-0.2, -0.15) is 4.68 Å². The normalized spacial score (nSPS) is 21.8. The number of nitrogens with zero attached hydrogens (tertiary/aromatic N) is 5. The SMILES string of the molecule is Cc1nnnn1/C(=C/c1ccccc1)C(=O)N1C[C@H](C)C[C@H](C)C1. The third kappa shape index (κ3) is 3.53. The van der Waals surface area contributed by atoms with Crippen LogP contribution in [0.2, 0.25) is 0 Å². The Hall–Kier alpha value is -2.50. The molecule has 1 aliphatic rings. The van der Waals surface area contributed by atoms with Crippen LogP contribution in [0.1, 0.15) is 31.7 Å². The fourth-order valence-electron chi connectivity index (χ4n) is 3.37. The molecule has 1 aliphatic heterocycles. The average molecular weight is 325 g/mol. The molecule has 1 fully saturated rings. The molecular weight excluding hydrogens is 302 g/mol. The molecule has 2 aromatic rings. The summed E-state index contributed by atoms with van der Waals surface area (Å²) in [5.74, 6) is 1.59. The molecule has 0 saturated carbocycles. The first kappa shape index (κ1) is 16.4. The van der Waals surface area contributed by atoms with E-state index >= 15 is 0 Å². The Labute approximate surface area is 142 Å². The van der Waals surface area contributed by atoms with Gasteiger partial charge in [-0.3, -0.25) is 4.79 Å². The van der Waals surface area contributed by atoms with E-state index in [4.69, 9.17) is 0 Å². The van der Waals surface area contributed by atoms with Gasteiger partial charge in [-0.15, -0.1) is 5.10 Å². The van der Waals surface area contributed by atoms with Crippen LogP contribution in [0.15, 0.2) is 30.3 Å². The minimum absolute atomic E-state index is 0.0207. The van der Waals surface area contributed by atoms with E-state index in [9.17, 15) is 4.79 Å². The number of carbonyl (C=O) groups excluding carboxylic acids is 1. The highest BCUT2D eigenvalue weighted by molar-refractivity contribution is 6.18. The van der Waals surface area contributed by atoms with E-state index < -0.39 is 0 Å². The molecule has 0 spiro atoms. The van der Waals surface area contributed by atoms with Gasteiger partial charge < -0.3 is 4.90 Å². The molecule has 1 aromatic carbocycles. The largest absolute Gasteiger partial charge is 0.337 e. The van der Waals surface area contributed by atoms with Gasteiger partial charge in [-0.05, 0) is 47.2 Å². The summed E-state index contributed by atoms with van der Waals surface area (Å²) in [4.78, 5) is 15.1. The quantitative estimate of drug-likeness (QED) is 0.813. The molecule has 1 aromatic heterocycles. The molecule has 6 nitrogen and oxygen atoms in total. The van der Waals surface area contributed by atoms with E-state index in [1.165, 1.54) is 4.68 Å². The number of piperidine rings is 1. The topological polar surface area (TPSA) is 63.9 Å². The van der Waals surface area contributed by atoms with Crippen LogP contribution in [0.5, 0.6) is 0 Å². The maximum absolute atomic E-state index is 13.2. The molecule has 0 radical (unpaired) electrons. The average Bonchev–Trinajstić information content (AvgIpc) is 2.98. The Bertz CT molecular complexity index is 727. The van der Waals surface area contributed by atoms with Crippen molar-refractivity contribution >= 4 is 17.7 Å². The van der Waals surface area contributed by atoms with E-state index in [1.54, 1.807) is 6.92 Å². The van der Waals surface area contributed by atoms with E-state index in [-0.39, 0.29) is 5.91 Å². The Morgan fingerprint density at radius 3 is 2.42 bits per heavy atom. The lowest BCUT2D eigenvalue weighted by atomic mass is 9.91. The third-order valence-corrected chi connectivity index (χ3v) is 4.33. The molecule has 0 aliphatic carbocycles. The number of amides is 1. The highest BCUT2D eigenvalue weighted by Gasteiger charge is 2.29. The highest BCUT2D eigenvalue weighted by atomic mass is 16.2. The molecule has 6 heteroatoms. The second kappa shape index (κ2) is 6.95. The second-order valence-electron chi connectivity index (χ2n) is 6.73. The Balaban J connectivity index is 1.97. The zero-order valence-corrected chi connectivity index (χ0v) is 14.4. The number of likely N-dealkylation sites (tertiary alicyclic amines) is 1. The number of hydrogen-bond donors (Lipinski definition) is 0. The van der Waals surface area contributed by atoms with Crippen molar-refractivity contribution in [3.63, 3.8) is 0 Å². The third-order valence-electron chi connectivity index (χ3n) is 4.33. The predicted molar refractivity (Wildman–Crippen MR) is 92.7 cm³/mol. The standard InChI is InChI=1S/C18H23N5O/c1-13-9-14(2)12-22(11-13)18(24)17(23-15(3)19-20-21-23)10-16-7-5-4-6-8-16/h4-8,10,13-14H,9,11-12H2,1-3H3/b17-10+/t13-,14+. The number of benzene rings is 1. The number of aromatic nitrogens is 4. The van der Waals surface area contributed by atoms with Crippen LogP contribution in [0.25, 0.3) is 11.8 Å². The van der Waals surface area contributed by atoms with Gasteiger partial charge in [0.1, 0.15) is 5.70 Å². The number of tetrazole rings is 1. The minimum atomic E-state index is -0.0207. The molecule has 2 atom stereocenters. The Morgan fingerprint density at radius 2 is 1.83 bits per heavy atom. The number of rotatable bonds is 3. The molecular formula is C18H23N5O. The zero-order chi connectivity index (χ0) is 17.1. The van der Waals surface area contributed by atoms with Crippen molar-refractivity contribution in [2.45, 2.75) is 27.2 Å². The van der Waals surface area contributed by atoms with Gasteiger partial charge in [0.2, 0.25) is 0 Å². The van der Waals surface area contributed by atoms with Crippen LogP contribution in [-0.4, -0.2) is 44.1 Å². The van der Waals surface area contributed by atoms with Gasteiger partial charge >= 0.3 is 0 Å². The summed E-state index contributed by atoms with van der Waals surface area (Å²) >= 11 is 0. The molecule has 0 unspecified atom stereocenters. The fourth-order valence-corrected chi connectivity index (χ4v) is 3.37. The fraction of sp³-hybridized carbons (Fsp3) is 0.444. The first-order valence-corrected chi connectivity index (χ1v) is 8.36. The lowest BCUT2D eigenvalue weighted by Crippen LogP contribution is -2.43. The minimum Gasteiger partial charge on any atom is -0.337 e. The predicted octanol–water partition coefficient (Wildman–Crippen LogP) is 2.48. The number of carbonyl (C=O) groups is 1. The molecule has 24 heavy (non-hydrogen) atoms. The van der Waals surface area contributed by atoms with Crippen LogP contribution < -0.4 is 0 Å². The van der Waals surface area contributed by atoms with Crippen molar-refractivity contribution in [2.75, 3.05) is 13.1 Å². The van der Waals surface area contributed by atoms with Crippen molar-refractivity contribution < 1.29 is 4.79 Å². The number of aryl methyl sites for hydroxylation is 1. The van der Waals surface area contributed by atoms with Gasteiger partial charge in [0.05, 0.1) is 0 Å². The van der Waals surface area contributed by atoms with Gasteiger partial charge in [0.15, 0.2) is 5.82 Å². The molecule has 0 bridgehead atoms. The summed E-state index contributed by atoms with van der Waals surface area (Å²) in [6.45, 7) is 7.73. The molecule has 2 heterocycles. The Kier molecular flexibility index (Phi) is 4.74. The lowest BCUT2D eigenvalue weighted by Gasteiger charge is -2.35. The van der Waals surface area contributed by atoms with Gasteiger partial charge in [-0.25, -0.2) is 0 Å². The second-order valence-corrected chi connectivity index (χ2v) is 6.73. The van der Waals surface area contributed by atoms with Crippen LogP contribution in [0, 0.1) is 18.8 Å². The summed E-state index contributed by atoms with van der Waals surface area (Å²) in [6.07, 6.45) is 3.01. The van der Waals surface area contributed by atoms with Gasteiger partial charge in [0.25, 0.3) is 5.91 Å². The summed E-state index contributed by atoms with van der Waals surface area (Å²) in [5, 5.41) is 11.6. The van der Waals surface area contributed by atoms with E-state index in [0.29, 0.717) is 23.4 Å². The summed E-state index contributed by atoms with van der Waals surface area (Å²) in [6, 6.07) is 9.79. The maximum atomic E-state index is 13.2. The zero-order valence-electron chi connectivity index (χ0n) is 14.4. The van der Waals surface area contributed by atoms with Crippen LogP contribution in [-0.2, 0) is 4.79 Å². The van der Waals surface area contributed by atoms with E-state index in [0.717, 1.165) is 25.1 Å². The molecule has 3 rings (SSSR count). The van der Waals surface area contributed by atoms with Crippen LogP contribution in [0.3, 0.4) is 0 Å². The maximum Gasteiger partial charge on any atom is 0.272 e. The molecule has 1 amide bonds. The molecule has 0 N–H and O–H groups in total. The van der Waals surface area contributed by atoms with Crippen molar-refractivity contribution in [3.05, 3.63) is 41.7 Å². The summed E-state index contributed by atoms with van der Waals surface area (Å²) < 4.78 is 1.53. The van der Waals surface area contributed by atoms with Crippen LogP contribution >= 0.6 is 0 Å². The van der Waals surface area contributed by atoms with Crippen molar-refractivity contribution in [3.8, 4) is 0 Å². The molecule has 126 valence electrons. The van der Waals surface area contributed by atoms with Gasteiger partial charge in [0, 0.05) is 13.1 Å². The summed E-state index contributed by atoms with van der Waals surface area (Å²) in [7, 11) is 0. The van der Waals surface area contributed by atoms with Crippen molar-refractivity contribution in [1.29, 1.82) is 0 Å². The lowest BCUT2D eigenvalue weighted by molar-refractivity contribution is -0.128. The smallest absolute Gasteiger partial charge is 0.272 e. The first-order valence-electron chi connectivity index (χ1n) is 8.36. The number of hydrogen-bond acceptors (Lipinski definition) is 4. The monoisotopic (exact) mass is 325 g/mol. The van der Waals surface area contributed by atoms with Crippen LogP contribution in [0.4, 0.5) is 0 Å². The van der Waals surface area contributed by atoms with Crippen molar-refractivity contribution in [2.24, 2.45) is 11.8 Å². The molecule has 1 saturated heterocycles. The summed E-state index contributed by atoms with van der Waals surface area (Å²) in [5.41, 5.74) is 1.44. The van der Waals surface area contributed by atoms with E-state index in [2.05, 4.69) is 29.4 Å². The van der Waals surface area contributed by atoms with Gasteiger partial charge in [-0.1, -0.05) is 44.2 Å². The Morgan fingerprint density at radius 1 is 1.17 bits per heavy atom. The van der Waals surface area contributed by atoms with Crippen molar-refractivity contribution in [1.82, 2.24) is 25.1 Å². The van der Waals surface area contributed by atoms with E-state index in [1.807, 2.05) is 41.3 Å². The first-order chi connectivity index (χ1) is 11.5. The highest BCUT2D eigenvalue weighted by Crippen LogP contribution is 2.24.